The summed E-state index contributed by atoms with van der Waals surface area (Å²) in [5.74, 6) is -0.580. The Kier molecular flexibility index (Phi) is 6.25. The summed E-state index contributed by atoms with van der Waals surface area (Å²) in [7, 11) is 0. The number of benzene rings is 2. The maximum atomic E-state index is 13.9. The van der Waals surface area contributed by atoms with Gasteiger partial charge in [0.25, 0.3) is 0 Å². The Morgan fingerprint density at radius 3 is 2.36 bits per heavy atom. The fraction of sp³-hybridized carbons (Fsp3) is 0.316. The third-order valence-corrected chi connectivity index (χ3v) is 5.49. The monoisotopic (exact) mass is 468 g/mol. The molecular weight excluding hydrogens is 451 g/mol. The largest absolute Gasteiger partial charge is 0.323 e. The highest BCUT2D eigenvalue weighted by molar-refractivity contribution is 9.10. The van der Waals surface area contributed by atoms with Crippen molar-refractivity contribution in [1.82, 2.24) is 4.90 Å². The molecule has 1 amide bonds. The van der Waals surface area contributed by atoms with Crippen LogP contribution in [0.2, 0.25) is 0 Å². The van der Waals surface area contributed by atoms with Crippen LogP contribution in [-0.2, 0) is 11.3 Å². The van der Waals surface area contributed by atoms with Crippen molar-refractivity contribution >= 4 is 43.5 Å². The second-order valence-corrected chi connectivity index (χ2v) is 8.12. The highest BCUT2D eigenvalue weighted by Crippen LogP contribution is 2.24. The van der Waals surface area contributed by atoms with Crippen molar-refractivity contribution in [3.63, 3.8) is 0 Å². The van der Waals surface area contributed by atoms with Crippen LogP contribution in [0.15, 0.2) is 51.4 Å². The van der Waals surface area contributed by atoms with Gasteiger partial charge < -0.3 is 5.32 Å². The Labute approximate surface area is 163 Å². The van der Waals surface area contributed by atoms with E-state index in [1.54, 1.807) is 12.1 Å². The van der Waals surface area contributed by atoms with Gasteiger partial charge in [-0.2, -0.15) is 0 Å². The van der Waals surface area contributed by atoms with E-state index in [9.17, 15) is 9.18 Å². The van der Waals surface area contributed by atoms with Crippen LogP contribution in [-0.4, -0.2) is 23.9 Å². The van der Waals surface area contributed by atoms with Crippen molar-refractivity contribution in [2.45, 2.75) is 19.4 Å². The molecule has 1 aliphatic rings. The molecule has 1 fully saturated rings. The molecule has 1 heterocycles. The van der Waals surface area contributed by atoms with Crippen LogP contribution < -0.4 is 5.32 Å². The third kappa shape index (κ3) is 5.12. The zero-order chi connectivity index (χ0) is 17.8. The van der Waals surface area contributed by atoms with Gasteiger partial charge in [-0.1, -0.05) is 44.0 Å². The average Bonchev–Trinajstić information content (AvgIpc) is 2.60. The van der Waals surface area contributed by atoms with Crippen molar-refractivity contribution < 1.29 is 9.18 Å². The number of nitrogens with one attached hydrogen (secondary N) is 1. The number of amides is 1. The molecule has 132 valence electrons. The van der Waals surface area contributed by atoms with Crippen LogP contribution in [0.25, 0.3) is 0 Å². The van der Waals surface area contributed by atoms with E-state index < -0.39 is 5.82 Å². The SMILES string of the molecule is O=C(Nc1ccc(Br)cc1F)C1CCN(Cc2ccc(Br)cc2)CC1. The van der Waals surface area contributed by atoms with Crippen LogP contribution in [0.4, 0.5) is 10.1 Å². The fourth-order valence-electron chi connectivity index (χ4n) is 3.03. The van der Waals surface area contributed by atoms with Crippen molar-refractivity contribution in [2.75, 3.05) is 18.4 Å². The summed E-state index contributed by atoms with van der Waals surface area (Å²) in [5, 5.41) is 2.72. The third-order valence-electron chi connectivity index (χ3n) is 4.47. The molecule has 3 rings (SSSR count). The summed E-state index contributed by atoms with van der Waals surface area (Å²) in [5.41, 5.74) is 1.51. The molecule has 0 unspecified atom stereocenters. The summed E-state index contributed by atoms with van der Waals surface area (Å²) in [6.07, 6.45) is 1.58. The molecule has 6 heteroatoms. The number of carbonyl (C=O) groups excluding carboxylic acids is 1. The summed E-state index contributed by atoms with van der Waals surface area (Å²) in [4.78, 5) is 14.7. The van der Waals surface area contributed by atoms with E-state index in [0.717, 1.165) is 36.9 Å². The van der Waals surface area contributed by atoms with Gasteiger partial charge in [-0.3, -0.25) is 9.69 Å². The molecule has 1 N–H and O–H groups in total. The molecule has 0 aromatic heterocycles. The molecule has 2 aromatic rings. The number of piperidine rings is 1. The van der Waals surface area contributed by atoms with Gasteiger partial charge >= 0.3 is 0 Å². The lowest BCUT2D eigenvalue weighted by Gasteiger charge is -2.31. The molecule has 0 saturated carbocycles. The molecule has 0 atom stereocenters. The molecule has 0 aliphatic carbocycles. The van der Waals surface area contributed by atoms with Crippen molar-refractivity contribution in [3.8, 4) is 0 Å². The van der Waals surface area contributed by atoms with Crippen LogP contribution >= 0.6 is 31.9 Å². The Bertz CT molecular complexity index is 744. The Hall–Kier alpha value is -1.24. The summed E-state index contributed by atoms with van der Waals surface area (Å²) < 4.78 is 15.6. The van der Waals surface area contributed by atoms with Gasteiger partial charge in [0.15, 0.2) is 0 Å². The van der Waals surface area contributed by atoms with Crippen molar-refractivity contribution in [2.24, 2.45) is 5.92 Å². The first-order valence-electron chi connectivity index (χ1n) is 8.24. The fourth-order valence-corrected chi connectivity index (χ4v) is 3.62. The summed E-state index contributed by atoms with van der Waals surface area (Å²) in [6.45, 7) is 2.64. The first kappa shape index (κ1) is 18.5. The van der Waals surface area contributed by atoms with Crippen LogP contribution in [0, 0.1) is 11.7 Å². The lowest BCUT2D eigenvalue weighted by molar-refractivity contribution is -0.121. The Morgan fingerprint density at radius 2 is 1.72 bits per heavy atom. The van der Waals surface area contributed by atoms with E-state index in [4.69, 9.17) is 0 Å². The molecule has 2 aromatic carbocycles. The highest BCUT2D eigenvalue weighted by Gasteiger charge is 2.25. The zero-order valence-electron chi connectivity index (χ0n) is 13.6. The number of hydrogen-bond donors (Lipinski definition) is 1. The standard InChI is InChI=1S/C19H19Br2FN2O/c20-15-3-1-13(2-4-15)12-24-9-7-14(8-10-24)19(25)23-18-6-5-16(21)11-17(18)22/h1-6,11,14H,7-10,12H2,(H,23,25). The van der Waals surface area contributed by atoms with E-state index in [0.29, 0.717) is 4.47 Å². The average molecular weight is 470 g/mol. The number of halogens is 3. The van der Waals surface area contributed by atoms with Crippen molar-refractivity contribution in [3.05, 3.63) is 62.8 Å². The summed E-state index contributed by atoms with van der Waals surface area (Å²) in [6, 6.07) is 13.0. The molecule has 1 saturated heterocycles. The van der Waals surface area contributed by atoms with Gasteiger partial charge in [0.2, 0.25) is 5.91 Å². The lowest BCUT2D eigenvalue weighted by atomic mass is 9.95. The first-order chi connectivity index (χ1) is 12.0. The minimum atomic E-state index is -0.421. The van der Waals surface area contributed by atoms with Crippen LogP contribution in [0.3, 0.4) is 0 Å². The molecule has 25 heavy (non-hydrogen) atoms. The predicted molar refractivity (Wildman–Crippen MR) is 105 cm³/mol. The van der Waals surface area contributed by atoms with E-state index in [-0.39, 0.29) is 17.5 Å². The molecule has 0 spiro atoms. The minimum absolute atomic E-state index is 0.0655. The second kappa shape index (κ2) is 8.43. The molecular formula is C19H19Br2FN2O. The number of nitrogens with zero attached hydrogens (tertiary/aromatic N) is 1. The van der Waals surface area contributed by atoms with Crippen molar-refractivity contribution in [1.29, 1.82) is 0 Å². The second-order valence-electron chi connectivity index (χ2n) is 6.29. The maximum Gasteiger partial charge on any atom is 0.227 e. The van der Waals surface area contributed by atoms with E-state index >= 15 is 0 Å². The molecule has 0 radical (unpaired) electrons. The topological polar surface area (TPSA) is 32.3 Å². The molecule has 1 aliphatic heterocycles. The minimum Gasteiger partial charge on any atom is -0.323 e. The zero-order valence-corrected chi connectivity index (χ0v) is 16.8. The van der Waals surface area contributed by atoms with Gasteiger partial charge in [0.05, 0.1) is 5.69 Å². The van der Waals surface area contributed by atoms with E-state index in [2.05, 4.69) is 54.2 Å². The van der Waals surface area contributed by atoms with Crippen LogP contribution in [0.5, 0.6) is 0 Å². The van der Waals surface area contributed by atoms with Gasteiger partial charge in [-0.15, -0.1) is 0 Å². The Balaban J connectivity index is 1.51. The predicted octanol–water partition coefficient (Wildman–Crippen LogP) is 5.20. The quantitative estimate of drug-likeness (QED) is 0.667. The number of likely N-dealkylation sites (tertiary alicyclic amines) is 1. The first-order valence-corrected chi connectivity index (χ1v) is 9.82. The Morgan fingerprint density at radius 1 is 1.08 bits per heavy atom. The molecule has 3 nitrogen and oxygen atoms in total. The van der Waals surface area contributed by atoms with Gasteiger partial charge in [0, 0.05) is 21.4 Å². The number of hydrogen-bond acceptors (Lipinski definition) is 2. The number of carbonyl (C=O) groups is 1. The number of anilines is 1. The summed E-state index contributed by atoms with van der Waals surface area (Å²) >= 11 is 6.66. The van der Waals surface area contributed by atoms with E-state index in [1.807, 2.05) is 12.1 Å². The molecule has 0 bridgehead atoms. The maximum absolute atomic E-state index is 13.9. The van der Waals surface area contributed by atoms with Gasteiger partial charge in [-0.25, -0.2) is 4.39 Å². The lowest BCUT2D eigenvalue weighted by Crippen LogP contribution is -2.37. The smallest absolute Gasteiger partial charge is 0.227 e. The van der Waals surface area contributed by atoms with Gasteiger partial charge in [-0.05, 0) is 61.8 Å². The number of rotatable bonds is 4. The van der Waals surface area contributed by atoms with Crippen LogP contribution in [0.1, 0.15) is 18.4 Å². The normalized spacial score (nSPS) is 16.0. The van der Waals surface area contributed by atoms with Gasteiger partial charge in [0.1, 0.15) is 5.82 Å². The van der Waals surface area contributed by atoms with E-state index in [1.165, 1.54) is 11.6 Å². The highest BCUT2D eigenvalue weighted by atomic mass is 79.9.